The van der Waals surface area contributed by atoms with Crippen molar-refractivity contribution in [1.29, 1.82) is 0 Å². The topological polar surface area (TPSA) is 58.6 Å². The molecule has 28 heavy (non-hydrogen) atoms. The van der Waals surface area contributed by atoms with Crippen LogP contribution in [-0.2, 0) is 15.3 Å². The number of nitrogens with zero attached hydrogens (tertiary/aromatic N) is 1. The quantitative estimate of drug-likeness (QED) is 0.670. The van der Waals surface area contributed by atoms with Gasteiger partial charge in [-0.25, -0.2) is 0 Å². The molecule has 0 bridgehead atoms. The highest BCUT2D eigenvalue weighted by Crippen LogP contribution is 2.25. The molecule has 6 heteroatoms. The number of carbonyl (C=O) groups excluding carboxylic acids is 2. The van der Waals surface area contributed by atoms with Crippen LogP contribution in [0.2, 0.25) is 0 Å². The van der Waals surface area contributed by atoms with Gasteiger partial charge >= 0.3 is 0 Å². The van der Waals surface area contributed by atoms with Crippen LogP contribution in [0.3, 0.4) is 0 Å². The summed E-state index contributed by atoms with van der Waals surface area (Å²) < 4.78 is 5.39. The first kappa shape index (κ1) is 20.3. The highest BCUT2D eigenvalue weighted by molar-refractivity contribution is 7.98. The highest BCUT2D eigenvalue weighted by Gasteiger charge is 2.21. The molecule has 0 saturated carbocycles. The van der Waals surface area contributed by atoms with Crippen LogP contribution in [0.5, 0.6) is 5.75 Å². The molecule has 0 radical (unpaired) electrons. The van der Waals surface area contributed by atoms with Crippen molar-refractivity contribution in [2.24, 2.45) is 0 Å². The number of hydrogen-bond donors (Lipinski definition) is 1. The monoisotopic (exact) mass is 398 g/mol. The summed E-state index contributed by atoms with van der Waals surface area (Å²) in [6, 6.07) is 13.6. The van der Waals surface area contributed by atoms with Crippen molar-refractivity contribution < 1.29 is 14.3 Å². The second kappa shape index (κ2) is 9.64. The standard InChI is InChI=1S/C22H26N2O3S/c1-16-5-10-20(27-2)17(14-16)15-28-13-11-21(25)23-18-6-8-19(9-7-18)24-12-3-4-22(24)26/h5-10,14H,3-4,11-13,15H2,1-2H3,(H,23,25). The predicted octanol–water partition coefficient (Wildman–Crippen LogP) is 4.39. The van der Waals surface area contributed by atoms with Gasteiger partial charge in [0.2, 0.25) is 11.8 Å². The normalized spacial score (nSPS) is 13.6. The maximum Gasteiger partial charge on any atom is 0.227 e. The van der Waals surface area contributed by atoms with Gasteiger partial charge < -0.3 is 15.0 Å². The Kier molecular flexibility index (Phi) is 6.98. The molecule has 1 saturated heterocycles. The van der Waals surface area contributed by atoms with Gasteiger partial charge in [-0.2, -0.15) is 11.8 Å². The van der Waals surface area contributed by atoms with Gasteiger partial charge in [0.05, 0.1) is 7.11 Å². The molecule has 0 aliphatic carbocycles. The summed E-state index contributed by atoms with van der Waals surface area (Å²) in [5, 5.41) is 2.92. The van der Waals surface area contributed by atoms with E-state index in [1.54, 1.807) is 23.8 Å². The molecule has 2 amide bonds. The van der Waals surface area contributed by atoms with Crippen molar-refractivity contribution in [3.8, 4) is 5.75 Å². The molecule has 0 aromatic heterocycles. The molecule has 1 aliphatic heterocycles. The van der Waals surface area contributed by atoms with E-state index in [2.05, 4.69) is 18.3 Å². The fourth-order valence-corrected chi connectivity index (χ4v) is 4.16. The van der Waals surface area contributed by atoms with E-state index in [1.165, 1.54) is 5.56 Å². The Labute approximate surface area is 170 Å². The summed E-state index contributed by atoms with van der Waals surface area (Å²) in [7, 11) is 1.68. The van der Waals surface area contributed by atoms with Gasteiger partial charge in [-0.1, -0.05) is 17.7 Å². The van der Waals surface area contributed by atoms with Crippen molar-refractivity contribution in [3.05, 3.63) is 53.6 Å². The fourth-order valence-electron chi connectivity index (χ4n) is 3.24. The molecule has 3 rings (SSSR count). The van der Waals surface area contributed by atoms with Gasteiger partial charge in [0.15, 0.2) is 0 Å². The number of amides is 2. The minimum atomic E-state index is -0.00583. The first-order valence-corrected chi connectivity index (χ1v) is 10.6. The predicted molar refractivity (Wildman–Crippen MR) is 115 cm³/mol. The molecular weight excluding hydrogens is 372 g/mol. The van der Waals surface area contributed by atoms with Crippen LogP contribution in [0.25, 0.3) is 0 Å². The summed E-state index contributed by atoms with van der Waals surface area (Å²) in [6.07, 6.45) is 1.97. The van der Waals surface area contributed by atoms with Gasteiger partial charge in [-0.15, -0.1) is 0 Å². The number of carbonyl (C=O) groups is 2. The van der Waals surface area contributed by atoms with Crippen molar-refractivity contribution in [1.82, 2.24) is 0 Å². The van der Waals surface area contributed by atoms with E-state index >= 15 is 0 Å². The van der Waals surface area contributed by atoms with Gasteiger partial charge in [-0.05, 0) is 43.7 Å². The zero-order chi connectivity index (χ0) is 19.9. The van der Waals surface area contributed by atoms with E-state index in [0.29, 0.717) is 12.8 Å². The van der Waals surface area contributed by atoms with E-state index in [0.717, 1.165) is 47.2 Å². The molecule has 0 spiro atoms. The number of anilines is 2. The molecule has 1 aliphatic rings. The molecule has 1 fully saturated rings. The zero-order valence-corrected chi connectivity index (χ0v) is 17.2. The Morgan fingerprint density at radius 3 is 2.68 bits per heavy atom. The Morgan fingerprint density at radius 1 is 1.21 bits per heavy atom. The van der Waals surface area contributed by atoms with Gasteiger partial charge in [0.1, 0.15) is 5.75 Å². The Bertz CT molecular complexity index is 836. The van der Waals surface area contributed by atoms with E-state index in [4.69, 9.17) is 4.74 Å². The maximum atomic E-state index is 12.2. The molecule has 1 heterocycles. The van der Waals surface area contributed by atoms with Crippen LogP contribution >= 0.6 is 11.8 Å². The number of hydrogen-bond acceptors (Lipinski definition) is 4. The molecule has 0 atom stereocenters. The van der Waals surface area contributed by atoms with Crippen molar-refractivity contribution in [3.63, 3.8) is 0 Å². The highest BCUT2D eigenvalue weighted by atomic mass is 32.2. The molecule has 2 aromatic carbocycles. The van der Waals surface area contributed by atoms with E-state index in [9.17, 15) is 9.59 Å². The average Bonchev–Trinajstić information content (AvgIpc) is 3.12. The third-order valence-corrected chi connectivity index (χ3v) is 5.71. The van der Waals surface area contributed by atoms with Crippen molar-refractivity contribution >= 4 is 35.0 Å². The zero-order valence-electron chi connectivity index (χ0n) is 16.4. The largest absolute Gasteiger partial charge is 0.496 e. The summed E-state index contributed by atoms with van der Waals surface area (Å²) in [5.74, 6) is 2.60. The summed E-state index contributed by atoms with van der Waals surface area (Å²) in [4.78, 5) is 25.8. The van der Waals surface area contributed by atoms with E-state index in [-0.39, 0.29) is 11.8 Å². The van der Waals surface area contributed by atoms with Crippen molar-refractivity contribution in [2.45, 2.75) is 31.9 Å². The molecular formula is C22H26N2O3S. The Hall–Kier alpha value is -2.47. The number of aryl methyl sites for hydroxylation is 1. The van der Waals surface area contributed by atoms with Gasteiger partial charge in [-0.3, -0.25) is 9.59 Å². The second-order valence-electron chi connectivity index (χ2n) is 6.86. The lowest BCUT2D eigenvalue weighted by molar-refractivity contribution is -0.117. The number of benzene rings is 2. The number of thioether (sulfide) groups is 1. The Balaban J connectivity index is 1.43. The SMILES string of the molecule is COc1ccc(C)cc1CSCCC(=O)Nc1ccc(N2CCCC2=O)cc1. The van der Waals surface area contributed by atoms with Crippen LogP contribution in [0.4, 0.5) is 11.4 Å². The average molecular weight is 399 g/mol. The first-order chi connectivity index (χ1) is 13.6. The lowest BCUT2D eigenvalue weighted by Gasteiger charge is -2.16. The second-order valence-corrected chi connectivity index (χ2v) is 7.97. The number of rotatable bonds is 8. The molecule has 148 valence electrons. The van der Waals surface area contributed by atoms with Crippen LogP contribution in [-0.4, -0.2) is 31.2 Å². The molecule has 2 aromatic rings. The summed E-state index contributed by atoms with van der Waals surface area (Å²) in [5.41, 5.74) is 4.00. The Morgan fingerprint density at radius 2 is 2.00 bits per heavy atom. The van der Waals surface area contributed by atoms with Crippen LogP contribution in [0, 0.1) is 6.92 Å². The van der Waals surface area contributed by atoms with Gasteiger partial charge in [0, 0.05) is 47.8 Å². The smallest absolute Gasteiger partial charge is 0.227 e. The summed E-state index contributed by atoms with van der Waals surface area (Å²) in [6.45, 7) is 2.83. The van der Waals surface area contributed by atoms with Crippen LogP contribution in [0.1, 0.15) is 30.4 Å². The number of nitrogens with one attached hydrogen (secondary N) is 1. The van der Waals surface area contributed by atoms with Crippen LogP contribution in [0.15, 0.2) is 42.5 Å². The lowest BCUT2D eigenvalue weighted by Crippen LogP contribution is -2.23. The lowest BCUT2D eigenvalue weighted by atomic mass is 10.1. The summed E-state index contributed by atoms with van der Waals surface area (Å²) >= 11 is 1.72. The van der Waals surface area contributed by atoms with E-state index in [1.807, 2.05) is 36.4 Å². The van der Waals surface area contributed by atoms with Crippen molar-refractivity contribution in [2.75, 3.05) is 29.6 Å². The number of ether oxygens (including phenoxy) is 1. The molecule has 1 N–H and O–H groups in total. The fraction of sp³-hybridized carbons (Fsp3) is 0.364. The maximum absolute atomic E-state index is 12.2. The minimum absolute atomic E-state index is 0.00583. The van der Waals surface area contributed by atoms with E-state index < -0.39 is 0 Å². The molecule has 0 unspecified atom stereocenters. The van der Waals surface area contributed by atoms with Gasteiger partial charge in [0.25, 0.3) is 0 Å². The van der Waals surface area contributed by atoms with Crippen LogP contribution < -0.4 is 15.0 Å². The third kappa shape index (κ3) is 5.29. The number of methoxy groups -OCH3 is 1. The first-order valence-electron chi connectivity index (χ1n) is 9.48. The minimum Gasteiger partial charge on any atom is -0.496 e. The molecule has 5 nitrogen and oxygen atoms in total. The third-order valence-electron chi connectivity index (χ3n) is 4.70.